The minimum atomic E-state index is -0.337. The molecule has 29 heavy (non-hydrogen) atoms. The number of amides is 3. The molecule has 1 aliphatic rings. The van der Waals surface area contributed by atoms with Crippen LogP contribution in [0.5, 0.6) is 0 Å². The molecule has 1 fully saturated rings. The topological polar surface area (TPSA) is 94.6 Å². The number of hydrogen-bond donors (Lipinski definition) is 2. The van der Waals surface area contributed by atoms with Gasteiger partial charge in [-0.1, -0.05) is 6.07 Å². The molecule has 0 radical (unpaired) electrons. The van der Waals surface area contributed by atoms with Crippen LogP contribution in [0, 0.1) is 0 Å². The summed E-state index contributed by atoms with van der Waals surface area (Å²) in [4.78, 5) is 43.9. The molecule has 1 saturated heterocycles. The van der Waals surface area contributed by atoms with Gasteiger partial charge in [-0.3, -0.25) is 14.4 Å². The van der Waals surface area contributed by atoms with Gasteiger partial charge in [-0.2, -0.15) is 0 Å². The van der Waals surface area contributed by atoms with Crippen LogP contribution in [0.4, 0.5) is 11.5 Å². The zero-order valence-corrected chi connectivity index (χ0v) is 16.6. The molecule has 1 aliphatic heterocycles. The van der Waals surface area contributed by atoms with Gasteiger partial charge in [-0.25, -0.2) is 4.98 Å². The molecule has 0 aliphatic carbocycles. The third kappa shape index (κ3) is 5.31. The zero-order valence-electron chi connectivity index (χ0n) is 16.6. The van der Waals surface area contributed by atoms with Gasteiger partial charge in [0.05, 0.1) is 6.54 Å². The van der Waals surface area contributed by atoms with Gasteiger partial charge in [0, 0.05) is 51.1 Å². The van der Waals surface area contributed by atoms with Gasteiger partial charge in [0.25, 0.3) is 5.91 Å². The van der Waals surface area contributed by atoms with E-state index in [0.29, 0.717) is 25.1 Å². The highest BCUT2D eigenvalue weighted by Gasteiger charge is 2.21. The summed E-state index contributed by atoms with van der Waals surface area (Å²) in [6.07, 6.45) is 3.13. The van der Waals surface area contributed by atoms with Crippen molar-refractivity contribution in [2.45, 2.75) is 19.4 Å². The third-order valence-electron chi connectivity index (χ3n) is 4.68. The van der Waals surface area contributed by atoms with Crippen molar-refractivity contribution < 1.29 is 14.4 Å². The Morgan fingerprint density at radius 3 is 2.45 bits per heavy atom. The van der Waals surface area contributed by atoms with E-state index >= 15 is 0 Å². The second-order valence-corrected chi connectivity index (χ2v) is 7.07. The van der Waals surface area contributed by atoms with E-state index in [1.807, 2.05) is 31.1 Å². The summed E-state index contributed by atoms with van der Waals surface area (Å²) in [5.41, 5.74) is 2.11. The molecule has 8 heteroatoms. The number of pyridine rings is 1. The van der Waals surface area contributed by atoms with E-state index in [-0.39, 0.29) is 24.3 Å². The number of nitrogens with zero attached hydrogens (tertiary/aromatic N) is 3. The highest BCUT2D eigenvalue weighted by molar-refractivity contribution is 5.98. The molecule has 0 unspecified atom stereocenters. The molecule has 0 spiro atoms. The Kier molecular flexibility index (Phi) is 6.43. The molecule has 0 saturated carbocycles. The third-order valence-corrected chi connectivity index (χ3v) is 4.68. The number of carbonyl (C=O) groups excluding carboxylic acids is 3. The van der Waals surface area contributed by atoms with Crippen molar-refractivity contribution >= 4 is 29.2 Å². The highest BCUT2D eigenvalue weighted by Crippen LogP contribution is 2.21. The Hall–Kier alpha value is -3.42. The number of aromatic nitrogens is 1. The Morgan fingerprint density at radius 2 is 1.86 bits per heavy atom. The van der Waals surface area contributed by atoms with Crippen LogP contribution in [0.1, 0.15) is 28.8 Å². The first-order valence-electron chi connectivity index (χ1n) is 9.51. The van der Waals surface area contributed by atoms with E-state index in [1.165, 1.54) is 0 Å². The summed E-state index contributed by atoms with van der Waals surface area (Å²) in [5.74, 6) is 0.323. The van der Waals surface area contributed by atoms with Crippen LogP contribution < -0.4 is 20.4 Å². The monoisotopic (exact) mass is 395 g/mol. The van der Waals surface area contributed by atoms with Gasteiger partial charge in [0.2, 0.25) is 11.8 Å². The van der Waals surface area contributed by atoms with Crippen molar-refractivity contribution in [3.63, 3.8) is 0 Å². The highest BCUT2D eigenvalue weighted by atomic mass is 16.2. The van der Waals surface area contributed by atoms with Gasteiger partial charge in [-0.05, 0) is 42.3 Å². The first-order chi connectivity index (χ1) is 13.9. The standard InChI is InChI=1S/C21H25N5O3/c1-25(2)18-10-5-15(12-22-18)13-23-19(27)14-24-21(29)16-6-8-17(9-7-16)26-11-3-4-20(26)28/h5-10,12H,3-4,11,13-14H2,1-2H3,(H,23,27)(H,24,29). The lowest BCUT2D eigenvalue weighted by molar-refractivity contribution is -0.120. The molecular weight excluding hydrogens is 370 g/mol. The summed E-state index contributed by atoms with van der Waals surface area (Å²) in [5, 5.41) is 5.36. The second kappa shape index (κ2) is 9.18. The average molecular weight is 395 g/mol. The van der Waals surface area contributed by atoms with Crippen molar-refractivity contribution in [3.05, 3.63) is 53.7 Å². The molecule has 3 rings (SSSR count). The Bertz CT molecular complexity index is 878. The quantitative estimate of drug-likeness (QED) is 0.737. The molecule has 8 nitrogen and oxygen atoms in total. The van der Waals surface area contributed by atoms with E-state index in [1.54, 1.807) is 35.4 Å². The fourth-order valence-corrected chi connectivity index (χ4v) is 3.03. The molecule has 2 N–H and O–H groups in total. The SMILES string of the molecule is CN(C)c1ccc(CNC(=O)CNC(=O)c2ccc(N3CCCC3=O)cc2)cn1. The molecule has 1 aromatic heterocycles. The largest absolute Gasteiger partial charge is 0.363 e. The molecule has 2 aromatic rings. The average Bonchev–Trinajstić information content (AvgIpc) is 3.16. The predicted molar refractivity (Wildman–Crippen MR) is 111 cm³/mol. The minimum Gasteiger partial charge on any atom is -0.363 e. The van der Waals surface area contributed by atoms with Crippen molar-refractivity contribution in [2.75, 3.05) is 37.0 Å². The predicted octanol–water partition coefficient (Wildman–Crippen LogP) is 1.32. The zero-order chi connectivity index (χ0) is 20.8. The fourth-order valence-electron chi connectivity index (χ4n) is 3.03. The van der Waals surface area contributed by atoms with Gasteiger partial charge in [-0.15, -0.1) is 0 Å². The smallest absolute Gasteiger partial charge is 0.251 e. The Labute approximate surface area is 169 Å². The maximum atomic E-state index is 12.2. The fraction of sp³-hybridized carbons (Fsp3) is 0.333. The number of rotatable bonds is 7. The summed E-state index contributed by atoms with van der Waals surface area (Å²) in [6.45, 7) is 0.931. The summed E-state index contributed by atoms with van der Waals surface area (Å²) >= 11 is 0. The van der Waals surface area contributed by atoms with Gasteiger partial charge < -0.3 is 20.4 Å². The maximum absolute atomic E-state index is 12.2. The van der Waals surface area contributed by atoms with Crippen LogP contribution in [-0.4, -0.2) is 49.9 Å². The molecular formula is C21H25N5O3. The van der Waals surface area contributed by atoms with Crippen molar-refractivity contribution in [2.24, 2.45) is 0 Å². The number of carbonyl (C=O) groups is 3. The lowest BCUT2D eigenvalue weighted by atomic mass is 10.2. The van der Waals surface area contributed by atoms with E-state index in [2.05, 4.69) is 15.6 Å². The van der Waals surface area contributed by atoms with E-state index in [9.17, 15) is 14.4 Å². The minimum absolute atomic E-state index is 0.102. The van der Waals surface area contributed by atoms with Gasteiger partial charge in [0.15, 0.2) is 0 Å². The second-order valence-electron chi connectivity index (χ2n) is 7.07. The van der Waals surface area contributed by atoms with Gasteiger partial charge >= 0.3 is 0 Å². The van der Waals surface area contributed by atoms with Crippen LogP contribution >= 0.6 is 0 Å². The normalized spacial score (nSPS) is 13.3. The van der Waals surface area contributed by atoms with Crippen molar-refractivity contribution in [1.82, 2.24) is 15.6 Å². The van der Waals surface area contributed by atoms with Crippen LogP contribution in [0.2, 0.25) is 0 Å². The summed E-state index contributed by atoms with van der Waals surface area (Å²) in [6, 6.07) is 10.6. The van der Waals surface area contributed by atoms with Crippen LogP contribution in [-0.2, 0) is 16.1 Å². The van der Waals surface area contributed by atoms with Crippen molar-refractivity contribution in [3.8, 4) is 0 Å². The molecule has 0 bridgehead atoms. The first-order valence-corrected chi connectivity index (χ1v) is 9.51. The molecule has 152 valence electrons. The Balaban J connectivity index is 1.44. The van der Waals surface area contributed by atoms with E-state index < -0.39 is 0 Å². The van der Waals surface area contributed by atoms with E-state index in [4.69, 9.17) is 0 Å². The van der Waals surface area contributed by atoms with E-state index in [0.717, 1.165) is 23.5 Å². The van der Waals surface area contributed by atoms with Crippen LogP contribution in [0.25, 0.3) is 0 Å². The lowest BCUT2D eigenvalue weighted by Gasteiger charge is -2.15. The molecule has 2 heterocycles. The number of hydrogen-bond acceptors (Lipinski definition) is 5. The lowest BCUT2D eigenvalue weighted by Crippen LogP contribution is -2.36. The van der Waals surface area contributed by atoms with Crippen molar-refractivity contribution in [1.29, 1.82) is 0 Å². The number of anilines is 2. The Morgan fingerprint density at radius 1 is 1.10 bits per heavy atom. The van der Waals surface area contributed by atoms with Gasteiger partial charge in [0.1, 0.15) is 5.82 Å². The maximum Gasteiger partial charge on any atom is 0.251 e. The number of benzene rings is 1. The molecule has 1 aromatic carbocycles. The molecule has 0 atom stereocenters. The summed E-state index contributed by atoms with van der Waals surface area (Å²) < 4.78 is 0. The number of nitrogens with one attached hydrogen (secondary N) is 2. The molecule has 3 amide bonds. The van der Waals surface area contributed by atoms with Crippen LogP contribution in [0.3, 0.4) is 0 Å². The summed E-state index contributed by atoms with van der Waals surface area (Å²) in [7, 11) is 3.82. The van der Waals surface area contributed by atoms with Crippen LogP contribution in [0.15, 0.2) is 42.6 Å². The first kappa shape index (κ1) is 20.3.